The maximum absolute atomic E-state index is 6.28. The normalized spacial score (nSPS) is 14.9. The minimum absolute atomic E-state index is 0.676. The van der Waals surface area contributed by atoms with Gasteiger partial charge in [0.25, 0.3) is 0 Å². The number of hydrogen-bond acceptors (Lipinski definition) is 6. The molecule has 2 N–H and O–H groups in total. The van der Waals surface area contributed by atoms with Crippen molar-refractivity contribution in [3.8, 4) is 11.3 Å². The first-order chi connectivity index (χ1) is 16.5. The van der Waals surface area contributed by atoms with Crippen molar-refractivity contribution in [3.05, 3.63) is 65.6 Å². The summed E-state index contributed by atoms with van der Waals surface area (Å²) in [6.45, 7) is 5.97. The molecule has 6 rings (SSSR count). The lowest BCUT2D eigenvalue weighted by atomic mass is 10.1. The number of aromatic nitrogens is 5. The molecule has 34 heavy (non-hydrogen) atoms. The van der Waals surface area contributed by atoms with Crippen LogP contribution in [0.2, 0.25) is 5.02 Å². The van der Waals surface area contributed by atoms with Crippen LogP contribution in [0.3, 0.4) is 0 Å². The summed E-state index contributed by atoms with van der Waals surface area (Å²) < 4.78 is 2.09. The topological polar surface area (TPSA) is 77.4 Å². The predicted octanol–water partition coefficient (Wildman–Crippen LogP) is 4.73. The first kappa shape index (κ1) is 20.9. The van der Waals surface area contributed by atoms with E-state index in [4.69, 9.17) is 21.6 Å². The summed E-state index contributed by atoms with van der Waals surface area (Å²) in [6, 6.07) is 13.9. The zero-order valence-corrected chi connectivity index (χ0v) is 19.8. The summed E-state index contributed by atoms with van der Waals surface area (Å²) in [7, 11) is 2.15. The van der Waals surface area contributed by atoms with E-state index in [1.165, 1.54) is 0 Å². The predicted molar refractivity (Wildman–Crippen MR) is 137 cm³/mol. The molecular formula is C25H25ClN8. The second-order valence-electron chi connectivity index (χ2n) is 8.79. The van der Waals surface area contributed by atoms with Gasteiger partial charge in [-0.05, 0) is 44.3 Å². The SMILES string of the molecule is Cc1[nH]nc2ccc(-c3nc4cnc(N5CCN(C)CC5)cn4c3Nc3cccc(Cl)c3)cc12. The molecule has 0 bridgehead atoms. The second kappa shape index (κ2) is 8.30. The van der Waals surface area contributed by atoms with E-state index in [2.05, 4.69) is 55.1 Å². The average molecular weight is 473 g/mol. The van der Waals surface area contributed by atoms with Gasteiger partial charge in [0, 0.05) is 53.5 Å². The van der Waals surface area contributed by atoms with E-state index in [1.807, 2.05) is 43.5 Å². The van der Waals surface area contributed by atoms with Crippen molar-refractivity contribution in [2.45, 2.75) is 6.92 Å². The molecule has 0 atom stereocenters. The zero-order chi connectivity index (χ0) is 23.2. The molecular weight excluding hydrogens is 448 g/mol. The number of hydrogen-bond donors (Lipinski definition) is 2. The van der Waals surface area contributed by atoms with Crippen LogP contribution in [-0.4, -0.2) is 62.7 Å². The number of H-pyrrole nitrogens is 1. The molecule has 8 nitrogen and oxygen atoms in total. The number of rotatable bonds is 4. The third-order valence-corrected chi connectivity index (χ3v) is 6.66. The minimum Gasteiger partial charge on any atom is -0.353 e. The Hall–Kier alpha value is -3.62. The third kappa shape index (κ3) is 3.74. The summed E-state index contributed by atoms with van der Waals surface area (Å²) >= 11 is 6.28. The number of benzene rings is 2. The van der Waals surface area contributed by atoms with Crippen molar-refractivity contribution in [2.75, 3.05) is 43.4 Å². The molecule has 4 heterocycles. The molecule has 0 spiro atoms. The third-order valence-electron chi connectivity index (χ3n) is 6.43. The Balaban J connectivity index is 1.50. The van der Waals surface area contributed by atoms with E-state index in [1.54, 1.807) is 0 Å². The van der Waals surface area contributed by atoms with Gasteiger partial charge < -0.3 is 15.1 Å². The van der Waals surface area contributed by atoms with Crippen LogP contribution >= 0.6 is 11.6 Å². The number of nitrogens with one attached hydrogen (secondary N) is 2. The highest BCUT2D eigenvalue weighted by molar-refractivity contribution is 6.30. The molecule has 9 heteroatoms. The number of piperazine rings is 1. The average Bonchev–Trinajstić information content (AvgIpc) is 3.39. The first-order valence-electron chi connectivity index (χ1n) is 11.3. The largest absolute Gasteiger partial charge is 0.353 e. The molecule has 0 saturated carbocycles. The molecule has 1 saturated heterocycles. The van der Waals surface area contributed by atoms with Gasteiger partial charge in [-0.2, -0.15) is 5.10 Å². The van der Waals surface area contributed by atoms with Crippen LogP contribution in [0.1, 0.15) is 5.69 Å². The van der Waals surface area contributed by atoms with Crippen molar-refractivity contribution in [1.29, 1.82) is 0 Å². The maximum atomic E-state index is 6.28. The Morgan fingerprint density at radius 2 is 1.91 bits per heavy atom. The number of anilines is 3. The van der Waals surface area contributed by atoms with E-state index in [0.29, 0.717) is 5.02 Å². The molecule has 172 valence electrons. The number of halogens is 1. The van der Waals surface area contributed by atoms with Crippen LogP contribution in [0.25, 0.3) is 27.8 Å². The smallest absolute Gasteiger partial charge is 0.157 e. The van der Waals surface area contributed by atoms with Crippen molar-refractivity contribution in [1.82, 2.24) is 29.5 Å². The van der Waals surface area contributed by atoms with Gasteiger partial charge in [0.2, 0.25) is 0 Å². The van der Waals surface area contributed by atoms with Crippen LogP contribution in [0.4, 0.5) is 17.3 Å². The number of fused-ring (bicyclic) bond motifs is 2. The Bertz CT molecular complexity index is 1500. The van der Waals surface area contributed by atoms with Gasteiger partial charge >= 0.3 is 0 Å². The van der Waals surface area contributed by atoms with Gasteiger partial charge in [-0.15, -0.1) is 0 Å². The number of aromatic amines is 1. The van der Waals surface area contributed by atoms with Gasteiger partial charge in [-0.1, -0.05) is 23.7 Å². The lowest BCUT2D eigenvalue weighted by molar-refractivity contribution is 0.312. The summed E-state index contributed by atoms with van der Waals surface area (Å²) in [5.74, 6) is 1.82. The van der Waals surface area contributed by atoms with Gasteiger partial charge in [-0.25, -0.2) is 9.97 Å². The molecule has 1 fully saturated rings. The fraction of sp³-hybridized carbons (Fsp3) is 0.240. The quantitative estimate of drug-likeness (QED) is 0.394. The van der Waals surface area contributed by atoms with Gasteiger partial charge in [0.1, 0.15) is 17.3 Å². The van der Waals surface area contributed by atoms with Gasteiger partial charge in [0.15, 0.2) is 5.65 Å². The number of aryl methyl sites for hydroxylation is 1. The van der Waals surface area contributed by atoms with E-state index >= 15 is 0 Å². The summed E-state index contributed by atoms with van der Waals surface area (Å²) in [5, 5.41) is 12.8. The first-order valence-corrected chi connectivity index (χ1v) is 11.7. The van der Waals surface area contributed by atoms with Crippen molar-refractivity contribution >= 4 is 45.5 Å². The van der Waals surface area contributed by atoms with Crippen molar-refractivity contribution < 1.29 is 0 Å². The van der Waals surface area contributed by atoms with Crippen LogP contribution < -0.4 is 10.2 Å². The van der Waals surface area contributed by atoms with E-state index < -0.39 is 0 Å². The van der Waals surface area contributed by atoms with E-state index in [9.17, 15) is 0 Å². The molecule has 0 aliphatic carbocycles. The van der Waals surface area contributed by atoms with Crippen LogP contribution in [0.15, 0.2) is 54.9 Å². The number of nitrogens with zero attached hydrogens (tertiary/aromatic N) is 6. The molecule has 0 unspecified atom stereocenters. The van der Waals surface area contributed by atoms with Crippen LogP contribution in [0.5, 0.6) is 0 Å². The molecule has 0 amide bonds. The standard InChI is InChI=1S/C25H25ClN8/c1-16-20-12-17(6-7-21(20)31-30-16)24-25(28-19-5-3-4-18(26)13-19)34-15-23(27-14-22(34)29-24)33-10-8-32(2)9-11-33/h3-7,12-15,28H,8-11H2,1-2H3,(H,30,31). The fourth-order valence-electron chi connectivity index (χ4n) is 4.45. The molecule has 2 aromatic carbocycles. The number of imidazole rings is 1. The molecule has 5 aromatic rings. The fourth-order valence-corrected chi connectivity index (χ4v) is 4.64. The van der Waals surface area contributed by atoms with Gasteiger partial charge in [0.05, 0.1) is 17.9 Å². The van der Waals surface area contributed by atoms with Crippen LogP contribution in [0, 0.1) is 6.92 Å². The Kier molecular flexibility index (Phi) is 5.12. The highest BCUT2D eigenvalue weighted by Crippen LogP contribution is 2.34. The number of likely N-dealkylation sites (N-methyl/N-ethyl adjacent to an activating group) is 1. The van der Waals surface area contributed by atoms with Crippen LogP contribution in [-0.2, 0) is 0 Å². The molecule has 3 aromatic heterocycles. The van der Waals surface area contributed by atoms with Crippen molar-refractivity contribution in [2.24, 2.45) is 0 Å². The lowest BCUT2D eigenvalue weighted by Crippen LogP contribution is -2.44. The molecule has 1 aliphatic rings. The maximum Gasteiger partial charge on any atom is 0.157 e. The van der Waals surface area contributed by atoms with Gasteiger partial charge in [-0.3, -0.25) is 9.50 Å². The highest BCUT2D eigenvalue weighted by Gasteiger charge is 2.20. The summed E-state index contributed by atoms with van der Waals surface area (Å²) in [6.07, 6.45) is 3.92. The Morgan fingerprint density at radius 3 is 2.74 bits per heavy atom. The summed E-state index contributed by atoms with van der Waals surface area (Å²) in [4.78, 5) is 14.4. The molecule has 1 aliphatic heterocycles. The monoisotopic (exact) mass is 472 g/mol. The molecule has 0 radical (unpaired) electrons. The Morgan fingerprint density at radius 1 is 1.06 bits per heavy atom. The van der Waals surface area contributed by atoms with E-state index in [0.717, 1.165) is 77.0 Å². The Labute approximate surface area is 202 Å². The second-order valence-corrected chi connectivity index (χ2v) is 9.23. The highest BCUT2D eigenvalue weighted by atomic mass is 35.5. The summed E-state index contributed by atoms with van der Waals surface area (Å²) in [5.41, 5.74) is 5.50. The zero-order valence-electron chi connectivity index (χ0n) is 19.1. The minimum atomic E-state index is 0.676. The van der Waals surface area contributed by atoms with E-state index in [-0.39, 0.29) is 0 Å². The lowest BCUT2D eigenvalue weighted by Gasteiger charge is -2.33. The van der Waals surface area contributed by atoms with Crippen molar-refractivity contribution in [3.63, 3.8) is 0 Å².